The number of carbonyl (C=O) groups excluding carboxylic acids is 1. The maximum Gasteiger partial charge on any atom is 0.236 e. The summed E-state index contributed by atoms with van der Waals surface area (Å²) in [6.45, 7) is 4.96. The Bertz CT molecular complexity index is 447. The molecule has 1 aromatic rings. The van der Waals surface area contributed by atoms with E-state index in [0.29, 0.717) is 13.1 Å². The topological polar surface area (TPSA) is 64.8 Å². The van der Waals surface area contributed by atoms with Gasteiger partial charge in [-0.2, -0.15) is 0 Å². The lowest BCUT2D eigenvalue weighted by Gasteiger charge is -2.22. The number of likely N-dealkylation sites (N-methyl/N-ethyl adjacent to an activating group) is 1. The van der Waals surface area contributed by atoms with Gasteiger partial charge in [-0.05, 0) is 31.5 Å². The zero-order chi connectivity index (χ0) is 14.4. The quantitative estimate of drug-likeness (QED) is 0.843. The zero-order valence-corrected chi connectivity index (χ0v) is 12.0. The van der Waals surface area contributed by atoms with Crippen LogP contribution in [0.15, 0.2) is 12.1 Å². The van der Waals surface area contributed by atoms with Crippen molar-refractivity contribution >= 4 is 5.91 Å². The molecule has 106 valence electrons. The molecule has 1 amide bonds. The minimum Gasteiger partial charge on any atom is -0.496 e. The van der Waals surface area contributed by atoms with Gasteiger partial charge in [0, 0.05) is 18.7 Å². The number of carbonyl (C=O) groups is 1. The Balaban J connectivity index is 3.07. The molecule has 0 bridgehead atoms. The van der Waals surface area contributed by atoms with E-state index < -0.39 is 0 Å². The van der Waals surface area contributed by atoms with Crippen LogP contribution in [0.4, 0.5) is 0 Å². The van der Waals surface area contributed by atoms with Gasteiger partial charge in [0.1, 0.15) is 11.5 Å². The van der Waals surface area contributed by atoms with Crippen molar-refractivity contribution in [2.24, 2.45) is 5.73 Å². The average molecular weight is 266 g/mol. The molecule has 1 aromatic carbocycles. The Hall–Kier alpha value is -1.75. The number of nitrogens with zero attached hydrogens (tertiary/aromatic N) is 1. The first-order valence-electron chi connectivity index (χ1n) is 6.26. The molecule has 5 heteroatoms. The van der Waals surface area contributed by atoms with Crippen LogP contribution >= 0.6 is 0 Å². The molecule has 0 aliphatic carbocycles. The van der Waals surface area contributed by atoms with Crippen molar-refractivity contribution in [2.75, 3.05) is 27.3 Å². The Morgan fingerprint density at radius 3 is 2.37 bits per heavy atom. The first kappa shape index (κ1) is 15.3. The zero-order valence-electron chi connectivity index (χ0n) is 12.0. The summed E-state index contributed by atoms with van der Waals surface area (Å²) in [6, 6.07) is 3.82. The molecular weight excluding hydrogens is 244 g/mol. The summed E-state index contributed by atoms with van der Waals surface area (Å²) in [5.74, 6) is 1.46. The van der Waals surface area contributed by atoms with E-state index in [1.54, 1.807) is 19.1 Å². The molecule has 0 radical (unpaired) electrons. The molecule has 0 heterocycles. The fraction of sp³-hybridized carbons (Fsp3) is 0.500. The van der Waals surface area contributed by atoms with Crippen molar-refractivity contribution in [3.63, 3.8) is 0 Å². The molecule has 0 saturated carbocycles. The SMILES string of the molecule is CCN(Cc1cc(OC)c(C)cc1OC)C(=O)CN. The molecule has 1 rings (SSSR count). The number of rotatable bonds is 6. The normalized spacial score (nSPS) is 10.2. The number of hydrogen-bond donors (Lipinski definition) is 1. The van der Waals surface area contributed by atoms with E-state index in [2.05, 4.69) is 0 Å². The van der Waals surface area contributed by atoms with Crippen LogP contribution < -0.4 is 15.2 Å². The van der Waals surface area contributed by atoms with Crippen molar-refractivity contribution in [1.29, 1.82) is 0 Å². The minimum atomic E-state index is -0.0795. The van der Waals surface area contributed by atoms with E-state index in [0.717, 1.165) is 22.6 Å². The largest absolute Gasteiger partial charge is 0.496 e. The summed E-state index contributed by atoms with van der Waals surface area (Å²) >= 11 is 0. The highest BCUT2D eigenvalue weighted by Crippen LogP contribution is 2.29. The summed E-state index contributed by atoms with van der Waals surface area (Å²) in [7, 11) is 3.24. The Kier molecular flexibility index (Phi) is 5.63. The van der Waals surface area contributed by atoms with Crippen LogP contribution in [0, 0.1) is 6.92 Å². The van der Waals surface area contributed by atoms with Gasteiger partial charge in [-0.15, -0.1) is 0 Å². The summed E-state index contributed by atoms with van der Waals surface area (Å²) < 4.78 is 10.7. The number of amides is 1. The van der Waals surface area contributed by atoms with Crippen molar-refractivity contribution in [3.8, 4) is 11.5 Å². The third-order valence-electron chi connectivity index (χ3n) is 3.07. The van der Waals surface area contributed by atoms with Crippen LogP contribution in [0.1, 0.15) is 18.1 Å². The highest BCUT2D eigenvalue weighted by molar-refractivity contribution is 5.78. The lowest BCUT2D eigenvalue weighted by molar-refractivity contribution is -0.130. The Morgan fingerprint density at radius 1 is 1.26 bits per heavy atom. The van der Waals surface area contributed by atoms with Crippen LogP contribution in [0.2, 0.25) is 0 Å². The third kappa shape index (κ3) is 3.61. The van der Waals surface area contributed by atoms with Gasteiger partial charge in [-0.1, -0.05) is 0 Å². The van der Waals surface area contributed by atoms with Gasteiger partial charge >= 0.3 is 0 Å². The van der Waals surface area contributed by atoms with Gasteiger partial charge in [0.25, 0.3) is 0 Å². The molecule has 0 aliphatic rings. The molecule has 0 atom stereocenters. The van der Waals surface area contributed by atoms with Crippen LogP contribution in [0.25, 0.3) is 0 Å². The van der Waals surface area contributed by atoms with Gasteiger partial charge < -0.3 is 20.1 Å². The fourth-order valence-corrected chi connectivity index (χ4v) is 1.95. The van der Waals surface area contributed by atoms with Crippen molar-refractivity contribution in [1.82, 2.24) is 4.90 Å². The first-order valence-corrected chi connectivity index (χ1v) is 6.26. The van der Waals surface area contributed by atoms with E-state index in [4.69, 9.17) is 15.2 Å². The van der Waals surface area contributed by atoms with Crippen molar-refractivity contribution in [3.05, 3.63) is 23.3 Å². The summed E-state index contributed by atoms with van der Waals surface area (Å²) in [6.07, 6.45) is 0. The standard InChI is InChI=1S/C14H22N2O3/c1-5-16(14(17)8-15)9-11-7-12(18-3)10(2)6-13(11)19-4/h6-7H,5,8-9,15H2,1-4H3. The highest BCUT2D eigenvalue weighted by Gasteiger charge is 2.15. The number of benzene rings is 1. The smallest absolute Gasteiger partial charge is 0.236 e. The summed E-state index contributed by atoms with van der Waals surface area (Å²) in [5, 5.41) is 0. The maximum absolute atomic E-state index is 11.7. The molecule has 5 nitrogen and oxygen atoms in total. The van der Waals surface area contributed by atoms with Gasteiger partial charge in [0.15, 0.2) is 0 Å². The fourth-order valence-electron chi connectivity index (χ4n) is 1.95. The lowest BCUT2D eigenvalue weighted by Crippen LogP contribution is -2.35. The Morgan fingerprint density at radius 2 is 1.89 bits per heavy atom. The lowest BCUT2D eigenvalue weighted by atomic mass is 10.1. The van der Waals surface area contributed by atoms with Gasteiger partial charge in [-0.3, -0.25) is 4.79 Å². The number of aryl methyl sites for hydroxylation is 1. The van der Waals surface area contributed by atoms with E-state index in [1.807, 2.05) is 26.0 Å². The van der Waals surface area contributed by atoms with E-state index in [9.17, 15) is 4.79 Å². The van der Waals surface area contributed by atoms with Crippen molar-refractivity contribution in [2.45, 2.75) is 20.4 Å². The Labute approximate surface area is 114 Å². The third-order valence-corrected chi connectivity index (χ3v) is 3.07. The molecule has 0 fully saturated rings. The molecule has 0 unspecified atom stereocenters. The number of methoxy groups -OCH3 is 2. The predicted molar refractivity (Wildman–Crippen MR) is 74.4 cm³/mol. The van der Waals surface area contributed by atoms with E-state index in [-0.39, 0.29) is 12.5 Å². The van der Waals surface area contributed by atoms with Crippen LogP contribution in [-0.2, 0) is 11.3 Å². The first-order chi connectivity index (χ1) is 9.07. The molecule has 0 saturated heterocycles. The van der Waals surface area contributed by atoms with Gasteiger partial charge in [0.2, 0.25) is 5.91 Å². The van der Waals surface area contributed by atoms with Crippen LogP contribution in [-0.4, -0.2) is 38.1 Å². The van der Waals surface area contributed by atoms with Crippen LogP contribution in [0.5, 0.6) is 11.5 Å². The summed E-state index contributed by atoms with van der Waals surface area (Å²) in [4.78, 5) is 13.4. The molecule has 0 spiro atoms. The van der Waals surface area contributed by atoms with Gasteiger partial charge in [-0.25, -0.2) is 0 Å². The second-order valence-electron chi connectivity index (χ2n) is 4.25. The molecule has 2 N–H and O–H groups in total. The molecule has 0 aromatic heterocycles. The molecular formula is C14H22N2O3. The van der Waals surface area contributed by atoms with Crippen molar-refractivity contribution < 1.29 is 14.3 Å². The highest BCUT2D eigenvalue weighted by atomic mass is 16.5. The summed E-state index contributed by atoms with van der Waals surface area (Å²) in [5.41, 5.74) is 7.31. The van der Waals surface area contributed by atoms with Crippen LogP contribution in [0.3, 0.4) is 0 Å². The molecule has 19 heavy (non-hydrogen) atoms. The second kappa shape index (κ2) is 6.99. The van der Waals surface area contributed by atoms with E-state index in [1.165, 1.54) is 0 Å². The minimum absolute atomic E-state index is 0.0130. The average Bonchev–Trinajstić information content (AvgIpc) is 2.44. The number of hydrogen-bond acceptors (Lipinski definition) is 4. The predicted octanol–water partition coefficient (Wildman–Crippen LogP) is 1.32. The molecule has 0 aliphatic heterocycles. The van der Waals surface area contributed by atoms with E-state index >= 15 is 0 Å². The second-order valence-corrected chi connectivity index (χ2v) is 4.25. The maximum atomic E-state index is 11.7. The number of ether oxygens (including phenoxy) is 2. The van der Waals surface area contributed by atoms with Gasteiger partial charge in [0.05, 0.1) is 20.8 Å². The number of nitrogens with two attached hydrogens (primary N) is 1. The monoisotopic (exact) mass is 266 g/mol.